The highest BCUT2D eigenvalue weighted by Crippen LogP contribution is 2.76. The zero-order valence-electron chi connectivity index (χ0n) is 28.1. The summed E-state index contributed by atoms with van der Waals surface area (Å²) in [5.74, 6) is 0.495. The van der Waals surface area contributed by atoms with Gasteiger partial charge in [0.2, 0.25) is 0 Å². The molecule has 0 heterocycles. The van der Waals surface area contributed by atoms with Gasteiger partial charge in [-0.05, 0) is 127 Å². The molecule has 0 spiro atoms. The number of aliphatic hydroxyl groups is 1. The van der Waals surface area contributed by atoms with E-state index < -0.39 is 17.4 Å². The molecule has 6 heteroatoms. The molecule has 0 aliphatic heterocycles. The van der Waals surface area contributed by atoms with E-state index in [0.29, 0.717) is 24.9 Å². The van der Waals surface area contributed by atoms with E-state index in [9.17, 15) is 24.9 Å². The molecule has 0 aromatic heterocycles. The van der Waals surface area contributed by atoms with Crippen LogP contribution in [0.25, 0.3) is 6.08 Å². The van der Waals surface area contributed by atoms with E-state index in [1.807, 2.05) is 0 Å². The van der Waals surface area contributed by atoms with Gasteiger partial charge in [-0.25, -0.2) is 4.79 Å². The average molecular weight is 619 g/mol. The molecule has 246 valence electrons. The van der Waals surface area contributed by atoms with E-state index in [0.717, 1.165) is 62.5 Å². The first-order valence-electron chi connectivity index (χ1n) is 17.4. The lowest BCUT2D eigenvalue weighted by Crippen LogP contribution is -2.67. The zero-order valence-corrected chi connectivity index (χ0v) is 28.1. The molecule has 0 saturated heterocycles. The number of carboxylic acids is 1. The van der Waals surface area contributed by atoms with Crippen LogP contribution in [-0.4, -0.2) is 40.0 Å². The van der Waals surface area contributed by atoms with Crippen LogP contribution >= 0.6 is 0 Å². The van der Waals surface area contributed by atoms with Crippen molar-refractivity contribution in [2.24, 2.45) is 56.7 Å². The van der Waals surface area contributed by atoms with Gasteiger partial charge in [-0.15, -0.1) is 0 Å². The van der Waals surface area contributed by atoms with Crippen LogP contribution in [0.4, 0.5) is 0 Å². The van der Waals surface area contributed by atoms with Gasteiger partial charge in [0.15, 0.2) is 0 Å². The third-order valence-electron chi connectivity index (χ3n) is 14.8. The number of carboxylic acid groups (broad SMARTS) is 1. The molecule has 10 atom stereocenters. The maximum atomic E-state index is 13.9. The molecular formula is C39H54O6. The number of aliphatic hydroxyl groups excluding tert-OH is 1. The first kappa shape index (κ1) is 32.3. The summed E-state index contributed by atoms with van der Waals surface area (Å²) in [7, 11) is 0. The second kappa shape index (κ2) is 11.0. The predicted octanol–water partition coefficient (Wildman–Crippen LogP) is 8.03. The standard InChI is InChI=1S/C39H54O6/c1-24-15-20-38(23-45-32(42)14-9-26-7-10-27(40)11-8-26)21-22-39(34(43)44)28(33(38)25(24)2)12-13-30-36(5)18-17-31(41)35(3,4)29(36)16-19-37(30,39)6/h7-12,14,24-25,29-31,33,40-41H,13,15-23H2,1-6H3,(H,43,44)/t24-,25+,29+,30-,31+,33+,36+,37-,38-,39-/m1/s1. The highest BCUT2D eigenvalue weighted by Gasteiger charge is 2.72. The minimum atomic E-state index is -0.938. The summed E-state index contributed by atoms with van der Waals surface area (Å²) < 4.78 is 6.02. The Hall–Kier alpha value is -2.60. The first-order chi connectivity index (χ1) is 21.1. The van der Waals surface area contributed by atoms with Crippen molar-refractivity contribution in [3.63, 3.8) is 0 Å². The third kappa shape index (κ3) is 4.66. The number of phenolic OH excluding ortho intramolecular Hbond substituents is 1. The van der Waals surface area contributed by atoms with Gasteiger partial charge in [0.1, 0.15) is 5.75 Å². The van der Waals surface area contributed by atoms with Crippen LogP contribution < -0.4 is 0 Å². The fraction of sp³-hybridized carbons (Fsp3) is 0.692. The fourth-order valence-electron chi connectivity index (χ4n) is 12.0. The molecule has 4 saturated carbocycles. The molecule has 45 heavy (non-hydrogen) atoms. The topological polar surface area (TPSA) is 104 Å². The highest BCUT2D eigenvalue weighted by atomic mass is 16.5. The SMILES string of the molecule is C[C@H]1[C@H](C)CC[C@]2(COC(=O)C=Cc3ccc(O)cc3)CC[C@]3(C(=O)O)C(=CC[C@@H]4[C@@]5(C)CC[C@H](O)C(C)(C)[C@@H]5CC[C@]43C)[C@H]12. The van der Waals surface area contributed by atoms with Crippen LogP contribution in [0.1, 0.15) is 105 Å². The Bertz CT molecular complexity index is 1390. The normalized spacial score (nSPS) is 43.7. The fourth-order valence-corrected chi connectivity index (χ4v) is 12.0. The Labute approximate surface area is 269 Å². The van der Waals surface area contributed by atoms with Crippen LogP contribution in [-0.2, 0) is 14.3 Å². The number of aromatic hydroxyl groups is 1. The van der Waals surface area contributed by atoms with E-state index in [1.165, 1.54) is 6.08 Å². The summed E-state index contributed by atoms with van der Waals surface area (Å²) >= 11 is 0. The summed E-state index contributed by atoms with van der Waals surface area (Å²) in [5.41, 5.74) is 0.102. The lowest BCUT2D eigenvalue weighted by Gasteiger charge is -2.70. The van der Waals surface area contributed by atoms with Crippen LogP contribution in [0.2, 0.25) is 0 Å². The van der Waals surface area contributed by atoms with Gasteiger partial charge >= 0.3 is 11.9 Å². The number of carbonyl (C=O) groups excluding carboxylic acids is 1. The lowest BCUT2D eigenvalue weighted by atomic mass is 9.33. The predicted molar refractivity (Wildman–Crippen MR) is 175 cm³/mol. The molecule has 6 rings (SSSR count). The molecule has 0 amide bonds. The van der Waals surface area contributed by atoms with Crippen molar-refractivity contribution in [3.05, 3.63) is 47.6 Å². The number of carbonyl (C=O) groups is 2. The highest BCUT2D eigenvalue weighted by molar-refractivity contribution is 5.87. The molecule has 1 aromatic rings. The van der Waals surface area contributed by atoms with Gasteiger partial charge in [-0.3, -0.25) is 4.79 Å². The van der Waals surface area contributed by atoms with Crippen LogP contribution in [0.5, 0.6) is 5.75 Å². The third-order valence-corrected chi connectivity index (χ3v) is 14.8. The monoisotopic (exact) mass is 618 g/mol. The molecule has 0 radical (unpaired) electrons. The van der Waals surface area contributed by atoms with E-state index in [-0.39, 0.29) is 51.3 Å². The van der Waals surface area contributed by atoms with E-state index in [4.69, 9.17) is 4.74 Å². The summed E-state index contributed by atoms with van der Waals surface area (Å²) in [5, 5.41) is 32.0. The number of benzene rings is 1. The molecule has 0 unspecified atom stereocenters. The van der Waals surface area contributed by atoms with Crippen molar-refractivity contribution in [1.82, 2.24) is 0 Å². The molecular weight excluding hydrogens is 564 g/mol. The van der Waals surface area contributed by atoms with Crippen LogP contribution in [0, 0.1) is 56.7 Å². The van der Waals surface area contributed by atoms with Crippen molar-refractivity contribution in [2.75, 3.05) is 6.61 Å². The zero-order chi connectivity index (χ0) is 32.6. The lowest BCUT2D eigenvalue weighted by molar-refractivity contribution is -0.217. The number of rotatable bonds is 5. The number of allylic oxidation sites excluding steroid dienone is 1. The van der Waals surface area contributed by atoms with Crippen LogP contribution in [0.3, 0.4) is 0 Å². The summed E-state index contributed by atoms with van der Waals surface area (Å²) in [6.07, 6.45) is 12.9. The van der Waals surface area contributed by atoms with E-state index >= 15 is 0 Å². The Morgan fingerprint density at radius 2 is 1.64 bits per heavy atom. The van der Waals surface area contributed by atoms with Gasteiger partial charge in [-0.1, -0.05) is 65.3 Å². The number of aliphatic carboxylic acids is 1. The second-order valence-electron chi connectivity index (χ2n) is 16.8. The van der Waals surface area contributed by atoms with Gasteiger partial charge in [0.05, 0.1) is 18.1 Å². The Morgan fingerprint density at radius 1 is 0.933 bits per heavy atom. The Morgan fingerprint density at radius 3 is 2.33 bits per heavy atom. The Kier molecular flexibility index (Phi) is 7.90. The second-order valence-corrected chi connectivity index (χ2v) is 16.8. The number of hydrogen-bond donors (Lipinski definition) is 3. The quantitative estimate of drug-likeness (QED) is 0.175. The number of hydrogen-bond acceptors (Lipinski definition) is 5. The molecule has 5 aliphatic rings. The van der Waals surface area contributed by atoms with E-state index in [2.05, 4.69) is 47.6 Å². The molecule has 1 aromatic carbocycles. The van der Waals surface area contributed by atoms with Gasteiger partial charge in [0, 0.05) is 11.5 Å². The Balaban J connectivity index is 1.35. The van der Waals surface area contributed by atoms with Gasteiger partial charge < -0.3 is 20.1 Å². The molecule has 6 nitrogen and oxygen atoms in total. The van der Waals surface area contributed by atoms with Crippen molar-refractivity contribution in [1.29, 1.82) is 0 Å². The average Bonchev–Trinajstić information content (AvgIpc) is 2.99. The van der Waals surface area contributed by atoms with Gasteiger partial charge in [0.25, 0.3) is 0 Å². The summed E-state index contributed by atoms with van der Waals surface area (Å²) in [6, 6.07) is 6.67. The largest absolute Gasteiger partial charge is 0.508 e. The maximum Gasteiger partial charge on any atom is 0.330 e. The first-order valence-corrected chi connectivity index (χ1v) is 17.4. The smallest absolute Gasteiger partial charge is 0.330 e. The minimum Gasteiger partial charge on any atom is -0.508 e. The molecule has 3 N–H and O–H groups in total. The van der Waals surface area contributed by atoms with E-state index in [1.54, 1.807) is 30.3 Å². The van der Waals surface area contributed by atoms with Gasteiger partial charge in [-0.2, -0.15) is 0 Å². The van der Waals surface area contributed by atoms with Crippen molar-refractivity contribution < 1.29 is 29.6 Å². The summed E-state index contributed by atoms with van der Waals surface area (Å²) in [4.78, 5) is 26.9. The van der Waals surface area contributed by atoms with Crippen LogP contribution in [0.15, 0.2) is 42.0 Å². The van der Waals surface area contributed by atoms with Crippen molar-refractivity contribution in [3.8, 4) is 5.75 Å². The summed E-state index contributed by atoms with van der Waals surface area (Å²) in [6.45, 7) is 14.1. The number of esters is 1. The maximum absolute atomic E-state index is 13.9. The molecule has 5 aliphatic carbocycles. The molecule has 4 fully saturated rings. The van der Waals surface area contributed by atoms with Crippen molar-refractivity contribution >= 4 is 18.0 Å². The number of ether oxygens (including phenoxy) is 1. The number of phenols is 1. The minimum absolute atomic E-state index is 0.0282. The molecule has 0 bridgehead atoms. The van der Waals surface area contributed by atoms with Crippen molar-refractivity contribution in [2.45, 2.75) is 105 Å². The number of fused-ring (bicyclic) bond motifs is 7.